The van der Waals surface area contributed by atoms with Crippen LogP contribution < -0.4 is 14.8 Å². The van der Waals surface area contributed by atoms with Crippen LogP contribution in [0.25, 0.3) is 72.0 Å². The van der Waals surface area contributed by atoms with Crippen LogP contribution in [0, 0.1) is 0 Å². The van der Waals surface area contributed by atoms with Crippen molar-refractivity contribution in [3.63, 3.8) is 0 Å². The molecular formula is C70H44N4O2. The third-order valence-electron chi connectivity index (χ3n) is 15.9. The third kappa shape index (κ3) is 6.28. The smallest absolute Gasteiger partial charge is 0.178 e. The number of ether oxygens (including phenoxy) is 2. The topological polar surface area (TPSA) is 60.1 Å². The van der Waals surface area contributed by atoms with Crippen LogP contribution in [0.3, 0.4) is 0 Å². The minimum atomic E-state index is -0.565. The van der Waals surface area contributed by atoms with Gasteiger partial charge in [-0.25, -0.2) is 9.98 Å². The maximum Gasteiger partial charge on any atom is 0.178 e. The average molecular weight is 973 g/mol. The molecular weight excluding hydrogens is 929 g/mol. The number of nitrogens with zero attached hydrogens (tertiary/aromatic N) is 3. The first-order valence-electron chi connectivity index (χ1n) is 25.9. The molecule has 2 aliphatic heterocycles. The van der Waals surface area contributed by atoms with E-state index in [1.54, 1.807) is 0 Å². The Morgan fingerprint density at radius 2 is 1.01 bits per heavy atom. The lowest BCUT2D eigenvalue weighted by Gasteiger charge is -2.31. The summed E-state index contributed by atoms with van der Waals surface area (Å²) in [5.74, 6) is 4.44. The maximum atomic E-state index is 6.85. The summed E-state index contributed by atoms with van der Waals surface area (Å²) in [6.45, 7) is 0. The molecule has 2 aliphatic carbocycles. The van der Waals surface area contributed by atoms with E-state index in [4.69, 9.17) is 19.5 Å². The van der Waals surface area contributed by atoms with Gasteiger partial charge in [0, 0.05) is 33.2 Å². The molecule has 12 aromatic rings. The van der Waals surface area contributed by atoms with Crippen molar-refractivity contribution in [2.24, 2.45) is 9.98 Å². The lowest BCUT2D eigenvalue weighted by molar-refractivity contribution is 0.360. The second-order valence-electron chi connectivity index (χ2n) is 20.0. The molecule has 3 heterocycles. The van der Waals surface area contributed by atoms with E-state index in [0.717, 1.165) is 95.6 Å². The summed E-state index contributed by atoms with van der Waals surface area (Å²) in [6, 6.07) is 91.1. The highest BCUT2D eigenvalue weighted by molar-refractivity contribution is 6.13. The Bertz CT molecular complexity index is 4390. The van der Waals surface area contributed by atoms with E-state index >= 15 is 0 Å². The zero-order valence-corrected chi connectivity index (χ0v) is 41.0. The van der Waals surface area contributed by atoms with E-state index in [-0.39, 0.29) is 6.17 Å². The summed E-state index contributed by atoms with van der Waals surface area (Å²) in [7, 11) is 0. The number of fused-ring (bicyclic) bond motifs is 16. The van der Waals surface area contributed by atoms with Crippen LogP contribution >= 0.6 is 0 Å². The highest BCUT2D eigenvalue weighted by Crippen LogP contribution is 2.66. The van der Waals surface area contributed by atoms with Crippen LogP contribution in [0.4, 0.5) is 0 Å². The van der Waals surface area contributed by atoms with E-state index in [1.807, 2.05) is 60.7 Å². The van der Waals surface area contributed by atoms with Gasteiger partial charge < -0.3 is 19.4 Å². The summed E-state index contributed by atoms with van der Waals surface area (Å²) in [5, 5.41) is 6.04. The van der Waals surface area contributed by atoms with Gasteiger partial charge >= 0.3 is 0 Å². The van der Waals surface area contributed by atoms with Crippen LogP contribution in [0.15, 0.2) is 265 Å². The van der Waals surface area contributed by atoms with Gasteiger partial charge in [0.1, 0.15) is 12.0 Å². The lowest BCUT2D eigenvalue weighted by atomic mass is 9.70. The molecule has 76 heavy (non-hydrogen) atoms. The van der Waals surface area contributed by atoms with E-state index in [0.29, 0.717) is 5.84 Å². The first-order valence-corrected chi connectivity index (χ1v) is 25.9. The molecule has 0 saturated carbocycles. The van der Waals surface area contributed by atoms with Crippen LogP contribution in [0.5, 0.6) is 23.0 Å². The molecule has 4 aliphatic rings. The Morgan fingerprint density at radius 3 is 1.80 bits per heavy atom. The molecule has 16 rings (SSSR count). The van der Waals surface area contributed by atoms with Crippen LogP contribution in [0.2, 0.25) is 0 Å². The fraction of sp³-hybridized carbons (Fsp3) is 0.0286. The minimum Gasteiger partial charge on any atom is -0.449 e. The van der Waals surface area contributed by atoms with Crippen LogP contribution in [-0.4, -0.2) is 16.2 Å². The van der Waals surface area contributed by atoms with Crippen LogP contribution in [0.1, 0.15) is 45.1 Å². The molecule has 0 radical (unpaired) electrons. The number of para-hydroxylation sites is 3. The monoisotopic (exact) mass is 972 g/mol. The highest BCUT2D eigenvalue weighted by atomic mass is 16.6. The van der Waals surface area contributed by atoms with Crippen molar-refractivity contribution in [1.82, 2.24) is 9.88 Å². The van der Waals surface area contributed by atoms with Crippen LogP contribution in [-0.2, 0) is 5.41 Å². The molecule has 1 aromatic heterocycles. The minimum absolute atomic E-state index is 0.316. The van der Waals surface area contributed by atoms with Gasteiger partial charge in [0.2, 0.25) is 0 Å². The molecule has 0 amide bonds. The van der Waals surface area contributed by atoms with Gasteiger partial charge in [-0.2, -0.15) is 0 Å². The number of aliphatic imine (C=N–C) groups is 2. The van der Waals surface area contributed by atoms with Gasteiger partial charge in [-0.05, 0) is 127 Å². The van der Waals surface area contributed by atoms with Gasteiger partial charge in [0.15, 0.2) is 28.8 Å². The molecule has 1 atom stereocenters. The Labute approximate surface area is 439 Å². The largest absolute Gasteiger partial charge is 0.449 e. The molecule has 6 heteroatoms. The number of amidine groups is 2. The normalized spacial score (nSPS) is 15.0. The summed E-state index contributed by atoms with van der Waals surface area (Å²) in [6.07, 6.45) is -0.316. The molecule has 1 spiro atoms. The summed E-state index contributed by atoms with van der Waals surface area (Å²) < 4.78 is 15.8. The number of nitrogens with one attached hydrogen (secondary N) is 1. The molecule has 0 fully saturated rings. The second kappa shape index (κ2) is 16.5. The van der Waals surface area contributed by atoms with E-state index in [1.165, 1.54) is 44.2 Å². The first kappa shape index (κ1) is 42.5. The highest BCUT2D eigenvalue weighted by Gasteiger charge is 2.53. The lowest BCUT2D eigenvalue weighted by Crippen LogP contribution is -2.33. The Kier molecular flexibility index (Phi) is 9.21. The van der Waals surface area contributed by atoms with Crippen molar-refractivity contribution in [3.05, 3.63) is 294 Å². The molecule has 0 bridgehead atoms. The molecule has 1 unspecified atom stereocenters. The molecule has 356 valence electrons. The van der Waals surface area contributed by atoms with Gasteiger partial charge in [-0.15, -0.1) is 0 Å². The fourth-order valence-corrected chi connectivity index (χ4v) is 12.6. The predicted octanol–water partition coefficient (Wildman–Crippen LogP) is 16.9. The number of aromatic nitrogens is 1. The van der Waals surface area contributed by atoms with Gasteiger partial charge in [0.25, 0.3) is 0 Å². The van der Waals surface area contributed by atoms with E-state index < -0.39 is 5.41 Å². The summed E-state index contributed by atoms with van der Waals surface area (Å²) >= 11 is 0. The standard InChI is InChI=1S/C70H44N4O2/c1-3-16-44(17-4-1)67-71-68(45-18-5-2-6-19-45)73-69(72-67)49-21-15-20-46(40-49)43-30-34-50(35-31-43)74-60-27-12-9-24-53(60)55-41-47(33-38-61(55)74)48-32-36-54-59(42-48)70(56-25-10-7-22-51(56)52-23-8-11-26-57(52)70)58-37-39-64-66(65(54)58)76-63-29-14-13-28-62(63)75-64/h1-42,69H,(H,71,72,73). The number of hydrogen-bond acceptors (Lipinski definition) is 5. The summed E-state index contributed by atoms with van der Waals surface area (Å²) in [4.78, 5) is 10.1. The van der Waals surface area contributed by atoms with Crippen molar-refractivity contribution in [3.8, 4) is 73.2 Å². The Morgan fingerprint density at radius 1 is 0.395 bits per heavy atom. The van der Waals surface area contributed by atoms with Crippen molar-refractivity contribution >= 4 is 33.5 Å². The first-order chi connectivity index (χ1) is 37.7. The third-order valence-corrected chi connectivity index (χ3v) is 15.9. The van der Waals surface area contributed by atoms with E-state index in [2.05, 4.69) is 204 Å². The molecule has 0 saturated heterocycles. The number of benzene rings is 11. The number of hydrogen-bond donors (Lipinski definition) is 1. The van der Waals surface area contributed by atoms with Gasteiger partial charge in [0.05, 0.1) is 16.4 Å². The van der Waals surface area contributed by atoms with Crippen molar-refractivity contribution in [2.45, 2.75) is 11.6 Å². The van der Waals surface area contributed by atoms with Crippen molar-refractivity contribution in [1.29, 1.82) is 0 Å². The zero-order chi connectivity index (χ0) is 49.9. The quantitative estimate of drug-likeness (QED) is 0.181. The van der Waals surface area contributed by atoms with Crippen molar-refractivity contribution < 1.29 is 9.47 Å². The predicted molar refractivity (Wildman–Crippen MR) is 306 cm³/mol. The molecule has 11 aromatic carbocycles. The van der Waals surface area contributed by atoms with Gasteiger partial charge in [-0.1, -0.05) is 194 Å². The van der Waals surface area contributed by atoms with Crippen molar-refractivity contribution in [2.75, 3.05) is 0 Å². The SMILES string of the molecule is c1ccc(C2=NC(c3cccc(-c4ccc(-n5c6ccccc6c6cc(-c7ccc8c(c7)C7(c9ccccc9-c9ccccc97)c7ccc9c(c7-8)Oc7ccccc7O9)ccc65)cc4)c3)NC(c3ccccc3)=N2)cc1. The zero-order valence-electron chi connectivity index (χ0n) is 41.0. The molecule has 1 N–H and O–H groups in total. The Balaban J connectivity index is 0.780. The fourth-order valence-electron chi connectivity index (χ4n) is 12.6. The number of rotatable bonds is 6. The Hall–Kier alpha value is -10.0. The average Bonchev–Trinajstić information content (AvgIpc) is 4.11. The molecule has 6 nitrogen and oxygen atoms in total. The van der Waals surface area contributed by atoms with E-state index in [9.17, 15) is 0 Å². The maximum absolute atomic E-state index is 6.85. The summed E-state index contributed by atoms with van der Waals surface area (Å²) in [5.41, 5.74) is 20.2. The second-order valence-corrected chi connectivity index (χ2v) is 20.0. The van der Waals surface area contributed by atoms with Gasteiger partial charge in [-0.3, -0.25) is 0 Å².